The zero-order chi connectivity index (χ0) is 26.9. The van der Waals surface area contributed by atoms with Gasteiger partial charge in [0.15, 0.2) is 11.5 Å². The average molecular weight is 529 g/mol. The number of carbonyl (C=O) groups is 2. The highest BCUT2D eigenvalue weighted by Crippen LogP contribution is 2.40. The molecule has 0 aliphatic carbocycles. The van der Waals surface area contributed by atoms with Crippen LogP contribution in [-0.2, 0) is 11.3 Å². The molecule has 1 saturated heterocycles. The van der Waals surface area contributed by atoms with Gasteiger partial charge in [0, 0.05) is 30.9 Å². The van der Waals surface area contributed by atoms with Crippen LogP contribution in [0.5, 0.6) is 17.2 Å². The fourth-order valence-electron chi connectivity index (χ4n) is 4.94. The lowest BCUT2D eigenvalue weighted by Crippen LogP contribution is -2.44. The standard InChI is InChI=1S/C26H32N4O6S/c1-14-7-15(2)11-29(10-14)20(31)12-30-13-27-25-21(26(30)33)16(3)23(37-25)24(32)28-17-8-18(34-4)22(36-6)19(9-17)35-5/h8-9,13-15H,7,10-12H2,1-6H3,(H,28,32)/t14-,15-/m0/s1. The molecule has 2 amide bonds. The Bertz CT molecular complexity index is 1360. The van der Waals surface area contributed by atoms with Gasteiger partial charge in [-0.05, 0) is 30.7 Å². The van der Waals surface area contributed by atoms with Gasteiger partial charge in [0.1, 0.15) is 11.4 Å². The molecule has 1 aromatic carbocycles. The lowest BCUT2D eigenvalue weighted by molar-refractivity contribution is -0.134. The molecule has 37 heavy (non-hydrogen) atoms. The molecule has 0 spiro atoms. The number of nitrogens with zero attached hydrogens (tertiary/aromatic N) is 3. The van der Waals surface area contributed by atoms with Gasteiger partial charge in [-0.2, -0.15) is 0 Å². The Kier molecular flexibility index (Phi) is 7.72. The SMILES string of the molecule is COc1cc(NC(=O)c2sc3ncn(CC(=O)N4C[C@@H](C)C[C@H](C)C4)c(=O)c3c2C)cc(OC)c1OC. The monoisotopic (exact) mass is 528 g/mol. The van der Waals surface area contributed by atoms with Crippen molar-refractivity contribution in [1.82, 2.24) is 14.5 Å². The minimum atomic E-state index is -0.395. The molecule has 11 heteroatoms. The van der Waals surface area contributed by atoms with Gasteiger partial charge in [0.25, 0.3) is 11.5 Å². The smallest absolute Gasteiger partial charge is 0.266 e. The van der Waals surface area contributed by atoms with Crippen molar-refractivity contribution in [2.24, 2.45) is 11.8 Å². The minimum absolute atomic E-state index is 0.0799. The third kappa shape index (κ3) is 5.27. The Morgan fingerprint density at radius 1 is 1.08 bits per heavy atom. The molecular weight excluding hydrogens is 496 g/mol. The predicted octanol–water partition coefficient (Wildman–Crippen LogP) is 3.55. The Morgan fingerprint density at radius 3 is 2.27 bits per heavy atom. The summed E-state index contributed by atoms with van der Waals surface area (Å²) in [5.41, 5.74) is 0.624. The molecule has 198 valence electrons. The lowest BCUT2D eigenvalue weighted by Gasteiger charge is -2.35. The van der Waals surface area contributed by atoms with Gasteiger partial charge in [-0.25, -0.2) is 4.98 Å². The quantitative estimate of drug-likeness (QED) is 0.499. The first-order chi connectivity index (χ1) is 17.7. The number of aromatic nitrogens is 2. The maximum atomic E-state index is 13.3. The first-order valence-electron chi connectivity index (χ1n) is 12.0. The second-order valence-corrected chi connectivity index (χ2v) is 10.5. The Labute approximate surface area is 219 Å². The van der Waals surface area contributed by atoms with Gasteiger partial charge >= 0.3 is 0 Å². The highest BCUT2D eigenvalue weighted by Gasteiger charge is 2.26. The number of rotatable bonds is 7. The van der Waals surface area contributed by atoms with E-state index in [-0.39, 0.29) is 18.0 Å². The summed E-state index contributed by atoms with van der Waals surface area (Å²) in [6, 6.07) is 3.25. The second kappa shape index (κ2) is 10.8. The number of amides is 2. The Morgan fingerprint density at radius 2 is 1.70 bits per heavy atom. The Balaban J connectivity index is 1.60. The maximum absolute atomic E-state index is 13.3. The molecule has 0 unspecified atom stereocenters. The molecule has 1 N–H and O–H groups in total. The molecule has 1 aliphatic rings. The molecule has 1 aliphatic heterocycles. The molecule has 0 radical (unpaired) electrons. The first-order valence-corrected chi connectivity index (χ1v) is 12.9. The summed E-state index contributed by atoms with van der Waals surface area (Å²) in [5, 5.41) is 3.18. The zero-order valence-corrected chi connectivity index (χ0v) is 22.7. The van der Waals surface area contributed by atoms with Crippen molar-refractivity contribution in [3.05, 3.63) is 39.3 Å². The molecule has 3 heterocycles. The number of hydrogen-bond donors (Lipinski definition) is 1. The van der Waals surface area contributed by atoms with Crippen LogP contribution >= 0.6 is 11.3 Å². The van der Waals surface area contributed by atoms with Crippen molar-refractivity contribution >= 4 is 39.1 Å². The van der Waals surface area contributed by atoms with Crippen molar-refractivity contribution in [2.45, 2.75) is 33.7 Å². The van der Waals surface area contributed by atoms with Crippen molar-refractivity contribution in [3.63, 3.8) is 0 Å². The van der Waals surface area contributed by atoms with Gasteiger partial charge in [0.2, 0.25) is 11.7 Å². The predicted molar refractivity (Wildman–Crippen MR) is 142 cm³/mol. The van der Waals surface area contributed by atoms with E-state index in [1.807, 2.05) is 4.90 Å². The largest absolute Gasteiger partial charge is 0.493 e. The molecule has 3 aromatic rings. The van der Waals surface area contributed by atoms with E-state index < -0.39 is 5.91 Å². The number of methoxy groups -OCH3 is 3. The third-order valence-corrected chi connectivity index (χ3v) is 7.77. The summed E-state index contributed by atoms with van der Waals surface area (Å²) in [6.07, 6.45) is 2.47. The summed E-state index contributed by atoms with van der Waals surface area (Å²) in [4.78, 5) is 46.5. The summed E-state index contributed by atoms with van der Waals surface area (Å²) in [5.74, 6) is 1.57. The number of nitrogens with one attached hydrogen (secondary N) is 1. The average Bonchev–Trinajstić information content (AvgIpc) is 3.21. The molecule has 0 bridgehead atoms. The highest BCUT2D eigenvalue weighted by atomic mass is 32.1. The minimum Gasteiger partial charge on any atom is -0.493 e. The van der Waals surface area contributed by atoms with Crippen molar-refractivity contribution in [1.29, 1.82) is 0 Å². The van der Waals surface area contributed by atoms with Gasteiger partial charge in [-0.1, -0.05) is 13.8 Å². The third-order valence-electron chi connectivity index (χ3n) is 6.57. The number of benzene rings is 1. The molecule has 2 atom stereocenters. The number of carbonyl (C=O) groups excluding carboxylic acids is 2. The normalized spacial score (nSPS) is 17.5. The Hall–Kier alpha value is -3.60. The van der Waals surface area contributed by atoms with Crippen LogP contribution in [0.3, 0.4) is 0 Å². The number of ether oxygens (including phenoxy) is 3. The number of likely N-dealkylation sites (tertiary alicyclic amines) is 1. The second-order valence-electron chi connectivity index (χ2n) is 9.53. The van der Waals surface area contributed by atoms with Crippen LogP contribution in [0.1, 0.15) is 35.5 Å². The molecule has 4 rings (SSSR count). The zero-order valence-electron chi connectivity index (χ0n) is 21.9. The molecule has 10 nitrogen and oxygen atoms in total. The van der Waals surface area contributed by atoms with E-state index in [4.69, 9.17) is 14.2 Å². The van der Waals surface area contributed by atoms with E-state index in [1.165, 1.54) is 32.2 Å². The van der Waals surface area contributed by atoms with Gasteiger partial charge in [0.05, 0.1) is 37.9 Å². The lowest BCUT2D eigenvalue weighted by atomic mass is 9.92. The number of aryl methyl sites for hydroxylation is 1. The number of thiophene rings is 1. The molecular formula is C26H32N4O6S. The van der Waals surface area contributed by atoms with Crippen LogP contribution in [0.2, 0.25) is 0 Å². The summed E-state index contributed by atoms with van der Waals surface area (Å²) < 4.78 is 17.4. The fourth-order valence-corrected chi connectivity index (χ4v) is 5.98. The van der Waals surface area contributed by atoms with Crippen molar-refractivity contribution < 1.29 is 23.8 Å². The van der Waals surface area contributed by atoms with Crippen LogP contribution in [0.15, 0.2) is 23.3 Å². The van der Waals surface area contributed by atoms with Crippen LogP contribution < -0.4 is 25.1 Å². The van der Waals surface area contributed by atoms with Gasteiger partial charge in [-0.15, -0.1) is 11.3 Å². The van der Waals surface area contributed by atoms with E-state index in [0.29, 0.717) is 68.5 Å². The summed E-state index contributed by atoms with van der Waals surface area (Å²) in [7, 11) is 4.49. The van der Waals surface area contributed by atoms with Crippen LogP contribution in [0.4, 0.5) is 5.69 Å². The number of fused-ring (bicyclic) bond motifs is 1. The molecule has 0 saturated carbocycles. The molecule has 2 aromatic heterocycles. The maximum Gasteiger partial charge on any atom is 0.266 e. The topological polar surface area (TPSA) is 112 Å². The van der Waals surface area contributed by atoms with E-state index in [9.17, 15) is 14.4 Å². The fraction of sp³-hybridized carbons (Fsp3) is 0.462. The van der Waals surface area contributed by atoms with E-state index in [0.717, 1.165) is 17.8 Å². The summed E-state index contributed by atoms with van der Waals surface area (Å²) in [6.45, 7) is 7.28. The van der Waals surface area contributed by atoms with Crippen molar-refractivity contribution in [2.75, 3.05) is 39.7 Å². The van der Waals surface area contributed by atoms with Crippen LogP contribution in [0.25, 0.3) is 10.2 Å². The van der Waals surface area contributed by atoms with Crippen molar-refractivity contribution in [3.8, 4) is 17.2 Å². The van der Waals surface area contributed by atoms with E-state index in [1.54, 1.807) is 19.1 Å². The first kappa shape index (κ1) is 26.5. The number of hydrogen-bond acceptors (Lipinski definition) is 8. The summed E-state index contributed by atoms with van der Waals surface area (Å²) >= 11 is 1.13. The molecule has 1 fully saturated rings. The highest BCUT2D eigenvalue weighted by molar-refractivity contribution is 7.20. The number of piperidine rings is 1. The van der Waals surface area contributed by atoms with Crippen LogP contribution in [0, 0.1) is 18.8 Å². The van der Waals surface area contributed by atoms with Gasteiger partial charge < -0.3 is 24.4 Å². The van der Waals surface area contributed by atoms with E-state index >= 15 is 0 Å². The van der Waals surface area contributed by atoms with Gasteiger partial charge in [-0.3, -0.25) is 19.0 Å². The number of anilines is 1. The van der Waals surface area contributed by atoms with E-state index in [2.05, 4.69) is 24.1 Å². The van der Waals surface area contributed by atoms with Crippen LogP contribution in [-0.4, -0.2) is 60.7 Å².